The standard InChI is InChI=1S/C19H31N3O3S/c1-13(2)11-22-7-8-25-15(12-22)10-20-19(24)17(14(3)4)21-18(23)16-6-5-9-26-16/h5-6,9,13-15,17H,7-8,10-12H2,1-4H3,(H,20,24)(H,21,23)/t15-,17+/m0/s1. The van der Waals surface area contributed by atoms with Crippen LogP contribution in [0, 0.1) is 11.8 Å². The highest BCUT2D eigenvalue weighted by Gasteiger charge is 2.27. The number of carbonyl (C=O) groups excluding carboxylic acids is 2. The van der Waals surface area contributed by atoms with Gasteiger partial charge < -0.3 is 15.4 Å². The average molecular weight is 382 g/mol. The molecule has 2 amide bonds. The van der Waals surface area contributed by atoms with Gasteiger partial charge in [-0.05, 0) is 23.3 Å². The highest BCUT2D eigenvalue weighted by molar-refractivity contribution is 7.12. The van der Waals surface area contributed by atoms with Gasteiger partial charge in [0, 0.05) is 26.2 Å². The number of amides is 2. The van der Waals surface area contributed by atoms with E-state index in [1.54, 1.807) is 6.07 Å². The van der Waals surface area contributed by atoms with E-state index < -0.39 is 6.04 Å². The van der Waals surface area contributed by atoms with Gasteiger partial charge in [0.25, 0.3) is 5.91 Å². The summed E-state index contributed by atoms with van der Waals surface area (Å²) in [6.45, 7) is 12.2. The summed E-state index contributed by atoms with van der Waals surface area (Å²) in [4.78, 5) is 27.9. The van der Waals surface area contributed by atoms with Crippen molar-refractivity contribution in [2.45, 2.75) is 39.8 Å². The van der Waals surface area contributed by atoms with Crippen molar-refractivity contribution in [2.75, 3.05) is 32.8 Å². The number of ether oxygens (including phenoxy) is 1. The van der Waals surface area contributed by atoms with Crippen LogP contribution in [0.3, 0.4) is 0 Å². The van der Waals surface area contributed by atoms with E-state index in [4.69, 9.17) is 4.74 Å². The van der Waals surface area contributed by atoms with Crippen LogP contribution >= 0.6 is 11.3 Å². The lowest BCUT2D eigenvalue weighted by atomic mass is 10.0. The van der Waals surface area contributed by atoms with Gasteiger partial charge in [-0.25, -0.2) is 0 Å². The van der Waals surface area contributed by atoms with Crippen molar-refractivity contribution in [2.24, 2.45) is 11.8 Å². The zero-order valence-electron chi connectivity index (χ0n) is 16.2. The molecule has 1 aromatic rings. The largest absolute Gasteiger partial charge is 0.374 e. The normalized spacial score (nSPS) is 19.5. The number of morpholine rings is 1. The Morgan fingerprint density at radius 3 is 2.73 bits per heavy atom. The number of nitrogens with zero attached hydrogens (tertiary/aromatic N) is 1. The molecule has 2 N–H and O–H groups in total. The summed E-state index contributed by atoms with van der Waals surface area (Å²) >= 11 is 1.37. The van der Waals surface area contributed by atoms with Gasteiger partial charge in [0.2, 0.25) is 5.91 Å². The lowest BCUT2D eigenvalue weighted by molar-refractivity contribution is -0.125. The molecule has 26 heavy (non-hydrogen) atoms. The summed E-state index contributed by atoms with van der Waals surface area (Å²) in [5, 5.41) is 7.66. The van der Waals surface area contributed by atoms with Crippen molar-refractivity contribution in [1.82, 2.24) is 15.5 Å². The van der Waals surface area contributed by atoms with Gasteiger partial charge in [0.05, 0.1) is 17.6 Å². The number of nitrogens with one attached hydrogen (secondary N) is 2. The minimum atomic E-state index is -0.556. The monoisotopic (exact) mass is 381 g/mol. The van der Waals surface area contributed by atoms with Gasteiger partial charge >= 0.3 is 0 Å². The molecule has 0 aliphatic carbocycles. The summed E-state index contributed by atoms with van der Waals surface area (Å²) in [6, 6.07) is 3.03. The van der Waals surface area contributed by atoms with Crippen molar-refractivity contribution in [3.8, 4) is 0 Å². The summed E-state index contributed by atoms with van der Waals surface area (Å²) in [5.41, 5.74) is 0. The first kappa shape index (κ1) is 20.9. The van der Waals surface area contributed by atoms with Crippen LogP contribution < -0.4 is 10.6 Å². The molecule has 1 aromatic heterocycles. The Morgan fingerprint density at radius 2 is 2.12 bits per heavy atom. The Kier molecular flexibility index (Phi) is 8.06. The maximum Gasteiger partial charge on any atom is 0.262 e. The fourth-order valence-corrected chi connectivity index (χ4v) is 3.69. The molecule has 0 saturated carbocycles. The van der Waals surface area contributed by atoms with Crippen LogP contribution in [0.5, 0.6) is 0 Å². The number of thiophene rings is 1. The van der Waals surface area contributed by atoms with Gasteiger partial charge in [0.1, 0.15) is 6.04 Å². The number of carbonyl (C=O) groups is 2. The molecule has 2 atom stereocenters. The Labute approximate surface area is 160 Å². The maximum atomic E-state index is 12.6. The molecule has 2 rings (SSSR count). The van der Waals surface area contributed by atoms with Crippen molar-refractivity contribution in [1.29, 1.82) is 0 Å². The third kappa shape index (κ3) is 6.37. The molecule has 1 aliphatic rings. The molecule has 146 valence electrons. The second-order valence-corrected chi connectivity index (χ2v) is 8.51. The van der Waals surface area contributed by atoms with E-state index in [1.807, 2.05) is 25.3 Å². The molecule has 6 nitrogen and oxygen atoms in total. The first-order chi connectivity index (χ1) is 12.4. The van der Waals surface area contributed by atoms with Crippen LogP contribution in [0.15, 0.2) is 17.5 Å². The quantitative estimate of drug-likeness (QED) is 0.722. The van der Waals surface area contributed by atoms with Gasteiger partial charge in [-0.3, -0.25) is 14.5 Å². The minimum absolute atomic E-state index is 0.00336. The molecule has 0 aromatic carbocycles. The SMILES string of the molecule is CC(C)CN1CCO[C@@H](CNC(=O)[C@H](NC(=O)c2cccs2)C(C)C)C1. The van der Waals surface area contributed by atoms with Crippen LogP contribution in [0.25, 0.3) is 0 Å². The molecule has 1 saturated heterocycles. The molecular weight excluding hydrogens is 350 g/mol. The van der Waals surface area contributed by atoms with Gasteiger partial charge in [-0.1, -0.05) is 33.8 Å². The third-order valence-corrected chi connectivity index (χ3v) is 5.20. The molecule has 0 spiro atoms. The average Bonchev–Trinajstić information content (AvgIpc) is 3.11. The molecule has 0 unspecified atom stereocenters. The maximum absolute atomic E-state index is 12.6. The van der Waals surface area contributed by atoms with Gasteiger partial charge in [0.15, 0.2) is 0 Å². The Hall–Kier alpha value is -1.44. The van der Waals surface area contributed by atoms with E-state index in [9.17, 15) is 9.59 Å². The van der Waals surface area contributed by atoms with Crippen molar-refractivity contribution >= 4 is 23.2 Å². The predicted molar refractivity (Wildman–Crippen MR) is 104 cm³/mol. The highest BCUT2D eigenvalue weighted by Crippen LogP contribution is 2.11. The fourth-order valence-electron chi connectivity index (χ4n) is 3.07. The Bertz CT molecular complexity index is 575. The number of hydrogen-bond acceptors (Lipinski definition) is 5. The topological polar surface area (TPSA) is 70.7 Å². The van der Waals surface area contributed by atoms with Crippen molar-refractivity contribution in [3.63, 3.8) is 0 Å². The van der Waals surface area contributed by atoms with E-state index in [0.29, 0.717) is 23.9 Å². The molecular formula is C19H31N3O3S. The van der Waals surface area contributed by atoms with E-state index in [1.165, 1.54) is 11.3 Å². The van der Waals surface area contributed by atoms with E-state index >= 15 is 0 Å². The second-order valence-electron chi connectivity index (χ2n) is 7.56. The summed E-state index contributed by atoms with van der Waals surface area (Å²) < 4.78 is 5.78. The lowest BCUT2D eigenvalue weighted by Gasteiger charge is -2.34. The van der Waals surface area contributed by atoms with Crippen LogP contribution in [-0.4, -0.2) is 61.6 Å². The van der Waals surface area contributed by atoms with E-state index in [0.717, 1.165) is 19.6 Å². The highest BCUT2D eigenvalue weighted by atomic mass is 32.1. The van der Waals surface area contributed by atoms with Gasteiger partial charge in [-0.2, -0.15) is 0 Å². The first-order valence-electron chi connectivity index (χ1n) is 9.32. The molecule has 7 heteroatoms. The molecule has 1 fully saturated rings. The Balaban J connectivity index is 1.84. The molecule has 1 aliphatic heterocycles. The van der Waals surface area contributed by atoms with E-state index in [2.05, 4.69) is 29.4 Å². The molecule has 2 heterocycles. The summed E-state index contributed by atoms with van der Waals surface area (Å²) in [7, 11) is 0. The minimum Gasteiger partial charge on any atom is -0.374 e. The van der Waals surface area contributed by atoms with Crippen molar-refractivity contribution < 1.29 is 14.3 Å². The zero-order chi connectivity index (χ0) is 19.1. The summed E-state index contributed by atoms with van der Waals surface area (Å²) in [6.07, 6.45) is -0.00717. The smallest absolute Gasteiger partial charge is 0.262 e. The van der Waals surface area contributed by atoms with Crippen LogP contribution in [-0.2, 0) is 9.53 Å². The van der Waals surface area contributed by atoms with Crippen LogP contribution in [0.1, 0.15) is 37.4 Å². The predicted octanol–water partition coefficient (Wildman–Crippen LogP) is 1.98. The third-order valence-electron chi connectivity index (χ3n) is 4.33. The van der Waals surface area contributed by atoms with Gasteiger partial charge in [-0.15, -0.1) is 11.3 Å². The fraction of sp³-hybridized carbons (Fsp3) is 0.684. The van der Waals surface area contributed by atoms with Crippen LogP contribution in [0.2, 0.25) is 0 Å². The summed E-state index contributed by atoms with van der Waals surface area (Å²) in [5.74, 6) is 0.255. The molecule has 0 radical (unpaired) electrons. The lowest BCUT2D eigenvalue weighted by Crippen LogP contribution is -2.53. The second kappa shape index (κ2) is 10.0. The van der Waals surface area contributed by atoms with Crippen LogP contribution in [0.4, 0.5) is 0 Å². The zero-order valence-corrected chi connectivity index (χ0v) is 17.0. The van der Waals surface area contributed by atoms with E-state index in [-0.39, 0.29) is 23.8 Å². The molecule has 0 bridgehead atoms. The van der Waals surface area contributed by atoms with Crippen molar-refractivity contribution in [3.05, 3.63) is 22.4 Å². The number of hydrogen-bond donors (Lipinski definition) is 2. The Morgan fingerprint density at radius 1 is 1.35 bits per heavy atom. The number of rotatable bonds is 8. The first-order valence-corrected chi connectivity index (χ1v) is 10.2.